The van der Waals surface area contributed by atoms with Gasteiger partial charge in [-0.15, -0.1) is 0 Å². The Morgan fingerprint density at radius 2 is 1.78 bits per heavy atom. The minimum Gasteiger partial charge on any atom is -0.490 e. The minimum atomic E-state index is -0.207. The van der Waals surface area contributed by atoms with E-state index in [0.717, 1.165) is 40.9 Å². The molecule has 3 unspecified atom stereocenters. The summed E-state index contributed by atoms with van der Waals surface area (Å²) in [6.45, 7) is 5.41. The summed E-state index contributed by atoms with van der Waals surface area (Å²) in [5.74, 6) is 0.807. The van der Waals surface area contributed by atoms with Gasteiger partial charge in [-0.3, -0.25) is 9.59 Å². The lowest BCUT2D eigenvalue weighted by molar-refractivity contribution is -0.132. The van der Waals surface area contributed by atoms with Crippen molar-refractivity contribution >= 4 is 29.0 Å². The molecule has 7 heteroatoms. The first-order valence-corrected chi connectivity index (χ1v) is 14.7. The molecule has 2 aliphatic heterocycles. The highest BCUT2D eigenvalue weighted by Gasteiger charge is 2.39. The number of nitrogens with zero attached hydrogens (tertiary/aromatic N) is 2. The standard InChI is InChI=1S/C34H38ClN3O3/c1-23(41-30-14-8-13-28(35)19-30)17-26-11-7-12-27(18-26)31-20-29-21-38(24(2)39)22-32(36-29)33(31)34(40)37(3)16-15-25-9-5-4-6-10-25/h4-14,18-19,23,29,32,36H,15-17,20-22H2,1-3H3. The summed E-state index contributed by atoms with van der Waals surface area (Å²) in [5, 5.41) is 4.29. The molecule has 0 spiro atoms. The van der Waals surface area contributed by atoms with Crippen molar-refractivity contribution in [1.29, 1.82) is 0 Å². The second-order valence-electron chi connectivity index (χ2n) is 11.2. The van der Waals surface area contributed by atoms with Crippen molar-refractivity contribution < 1.29 is 14.3 Å². The van der Waals surface area contributed by atoms with E-state index in [-0.39, 0.29) is 30.0 Å². The highest BCUT2D eigenvalue weighted by atomic mass is 35.5. The third-order valence-electron chi connectivity index (χ3n) is 7.94. The zero-order valence-corrected chi connectivity index (χ0v) is 24.7. The van der Waals surface area contributed by atoms with Crippen LogP contribution in [0.4, 0.5) is 0 Å². The summed E-state index contributed by atoms with van der Waals surface area (Å²) >= 11 is 6.13. The summed E-state index contributed by atoms with van der Waals surface area (Å²) in [5.41, 5.74) is 5.24. The maximum absolute atomic E-state index is 14.1. The number of benzene rings is 3. The summed E-state index contributed by atoms with van der Waals surface area (Å²) < 4.78 is 6.13. The van der Waals surface area contributed by atoms with Crippen LogP contribution >= 0.6 is 11.6 Å². The molecule has 3 aromatic carbocycles. The van der Waals surface area contributed by atoms with Gasteiger partial charge in [-0.25, -0.2) is 0 Å². The Morgan fingerprint density at radius 1 is 1.02 bits per heavy atom. The summed E-state index contributed by atoms with van der Waals surface area (Å²) in [6, 6.07) is 26.0. The highest BCUT2D eigenvalue weighted by Crippen LogP contribution is 2.34. The Kier molecular flexibility index (Phi) is 9.11. The Bertz CT molecular complexity index is 1420. The molecule has 1 N–H and O–H groups in total. The van der Waals surface area contributed by atoms with E-state index in [1.165, 1.54) is 5.56 Å². The van der Waals surface area contributed by atoms with E-state index in [9.17, 15) is 9.59 Å². The third-order valence-corrected chi connectivity index (χ3v) is 8.17. The van der Waals surface area contributed by atoms with Gasteiger partial charge in [-0.1, -0.05) is 72.3 Å². The summed E-state index contributed by atoms with van der Waals surface area (Å²) in [6.07, 6.45) is 2.13. The molecule has 3 aromatic rings. The number of likely N-dealkylation sites (N-methyl/N-ethyl adjacent to an activating group) is 1. The van der Waals surface area contributed by atoms with Crippen LogP contribution in [0.3, 0.4) is 0 Å². The Hall–Kier alpha value is -3.61. The molecular formula is C34H38ClN3O3. The lowest BCUT2D eigenvalue weighted by atomic mass is 9.82. The monoisotopic (exact) mass is 571 g/mol. The molecule has 41 heavy (non-hydrogen) atoms. The van der Waals surface area contributed by atoms with Crippen molar-refractivity contribution in [1.82, 2.24) is 15.1 Å². The quantitative estimate of drug-likeness (QED) is 0.374. The molecule has 3 atom stereocenters. The molecule has 5 rings (SSSR count). The van der Waals surface area contributed by atoms with E-state index in [4.69, 9.17) is 16.3 Å². The van der Waals surface area contributed by atoms with E-state index < -0.39 is 0 Å². The number of ether oxygens (including phenoxy) is 1. The number of hydrogen-bond donors (Lipinski definition) is 1. The number of rotatable bonds is 9. The van der Waals surface area contributed by atoms with Gasteiger partial charge >= 0.3 is 0 Å². The molecule has 0 aliphatic carbocycles. The first-order chi connectivity index (χ1) is 19.8. The minimum absolute atomic E-state index is 0.0142. The van der Waals surface area contributed by atoms with Crippen LogP contribution in [0.2, 0.25) is 5.02 Å². The molecule has 2 amide bonds. The molecule has 2 heterocycles. The zero-order valence-electron chi connectivity index (χ0n) is 24.0. The molecule has 1 saturated heterocycles. The molecule has 0 aromatic heterocycles. The Labute approximate surface area is 247 Å². The van der Waals surface area contributed by atoms with Gasteiger partial charge < -0.3 is 19.9 Å². The van der Waals surface area contributed by atoms with Crippen molar-refractivity contribution in [2.24, 2.45) is 0 Å². The van der Waals surface area contributed by atoms with E-state index in [0.29, 0.717) is 31.1 Å². The second kappa shape index (κ2) is 12.9. The topological polar surface area (TPSA) is 61.9 Å². The number of fused-ring (bicyclic) bond motifs is 2. The smallest absolute Gasteiger partial charge is 0.251 e. The van der Waals surface area contributed by atoms with Crippen LogP contribution in [0.1, 0.15) is 37.0 Å². The molecule has 1 fully saturated rings. The predicted molar refractivity (Wildman–Crippen MR) is 164 cm³/mol. The van der Waals surface area contributed by atoms with E-state index in [1.54, 1.807) is 6.92 Å². The van der Waals surface area contributed by atoms with Gasteiger partial charge in [0, 0.05) is 56.7 Å². The van der Waals surface area contributed by atoms with Gasteiger partial charge in [0.25, 0.3) is 5.91 Å². The second-order valence-corrected chi connectivity index (χ2v) is 11.6. The summed E-state index contributed by atoms with van der Waals surface area (Å²) in [4.78, 5) is 30.1. The molecule has 2 bridgehead atoms. The fraction of sp³-hybridized carbons (Fsp3) is 0.353. The van der Waals surface area contributed by atoms with Crippen molar-refractivity contribution in [3.63, 3.8) is 0 Å². The van der Waals surface area contributed by atoms with Gasteiger partial charge in [0.2, 0.25) is 5.91 Å². The number of nitrogens with one attached hydrogen (secondary N) is 1. The van der Waals surface area contributed by atoms with Crippen molar-refractivity contribution in [3.8, 4) is 5.75 Å². The molecule has 6 nitrogen and oxygen atoms in total. The Balaban J connectivity index is 1.41. The maximum Gasteiger partial charge on any atom is 0.251 e. The van der Waals surface area contributed by atoms with Crippen molar-refractivity contribution in [2.45, 2.75) is 51.3 Å². The van der Waals surface area contributed by atoms with Crippen molar-refractivity contribution in [2.75, 3.05) is 26.7 Å². The van der Waals surface area contributed by atoms with E-state index >= 15 is 0 Å². The Morgan fingerprint density at radius 3 is 2.54 bits per heavy atom. The van der Waals surface area contributed by atoms with Gasteiger partial charge in [0.05, 0.1) is 12.1 Å². The van der Waals surface area contributed by atoms with Crippen LogP contribution < -0.4 is 10.1 Å². The number of halogens is 1. The predicted octanol–water partition coefficient (Wildman–Crippen LogP) is 5.40. The van der Waals surface area contributed by atoms with Crippen LogP contribution in [-0.4, -0.2) is 66.5 Å². The van der Waals surface area contributed by atoms with Gasteiger partial charge in [0.1, 0.15) is 5.75 Å². The number of carbonyl (C=O) groups excluding carboxylic acids is 2. The molecule has 214 valence electrons. The lowest BCUT2D eigenvalue weighted by Gasteiger charge is -2.44. The van der Waals surface area contributed by atoms with Crippen LogP contribution in [-0.2, 0) is 22.4 Å². The van der Waals surface area contributed by atoms with Crippen molar-refractivity contribution in [3.05, 3.63) is 106 Å². The number of piperazine rings is 1. The van der Waals surface area contributed by atoms with Gasteiger partial charge in [-0.2, -0.15) is 0 Å². The third kappa shape index (κ3) is 7.19. The normalized spacial score (nSPS) is 19.1. The van der Waals surface area contributed by atoms with E-state index in [2.05, 4.69) is 48.6 Å². The number of hydrogen-bond acceptors (Lipinski definition) is 4. The molecule has 2 aliphatic rings. The molecule has 0 radical (unpaired) electrons. The first-order valence-electron chi connectivity index (χ1n) is 14.3. The van der Waals surface area contributed by atoms with E-state index in [1.807, 2.05) is 59.3 Å². The highest BCUT2D eigenvalue weighted by molar-refractivity contribution is 6.30. The number of amides is 2. The van der Waals surface area contributed by atoms with Crippen LogP contribution in [0.5, 0.6) is 5.75 Å². The van der Waals surface area contributed by atoms with Crippen LogP contribution in [0.25, 0.3) is 5.57 Å². The number of carbonyl (C=O) groups is 2. The summed E-state index contributed by atoms with van der Waals surface area (Å²) in [7, 11) is 1.87. The maximum atomic E-state index is 14.1. The van der Waals surface area contributed by atoms with Crippen LogP contribution in [0.15, 0.2) is 84.4 Å². The zero-order chi connectivity index (χ0) is 28.9. The fourth-order valence-corrected chi connectivity index (χ4v) is 6.09. The SMILES string of the molecule is CC(=O)N1CC2CC(c3cccc(CC(C)Oc4cccc(Cl)c4)c3)=C(C(=O)N(C)CCc3ccccc3)C(C1)N2. The average molecular weight is 572 g/mol. The average Bonchev–Trinajstić information content (AvgIpc) is 2.95. The first kappa shape index (κ1) is 28.9. The molecule has 0 saturated carbocycles. The lowest BCUT2D eigenvalue weighted by Crippen LogP contribution is -2.61. The fourth-order valence-electron chi connectivity index (χ4n) is 5.91. The molecular weight excluding hydrogens is 534 g/mol. The van der Waals surface area contributed by atoms with Gasteiger partial charge in [-0.05, 0) is 60.2 Å². The van der Waals surface area contributed by atoms with Gasteiger partial charge in [0.15, 0.2) is 0 Å². The van der Waals surface area contributed by atoms with Crippen LogP contribution in [0, 0.1) is 0 Å². The largest absolute Gasteiger partial charge is 0.490 e.